The van der Waals surface area contributed by atoms with E-state index in [0.29, 0.717) is 0 Å². The molecule has 0 aliphatic heterocycles. The van der Waals surface area contributed by atoms with E-state index < -0.39 is 0 Å². The second-order valence-electron chi connectivity index (χ2n) is 5.48. The first-order valence-corrected chi connectivity index (χ1v) is 6.13. The fourth-order valence-corrected chi connectivity index (χ4v) is 2.06. The highest BCUT2D eigenvalue weighted by molar-refractivity contribution is 5.60. The molecule has 0 aliphatic rings. The van der Waals surface area contributed by atoms with Crippen LogP contribution >= 0.6 is 0 Å². The van der Waals surface area contributed by atoms with Crippen molar-refractivity contribution < 1.29 is 4.74 Å². The Morgan fingerprint density at radius 3 is 2.17 bits per heavy atom. The van der Waals surface area contributed by atoms with Gasteiger partial charge in [0.1, 0.15) is 5.75 Å². The van der Waals surface area contributed by atoms with E-state index in [2.05, 4.69) is 43.5 Å². The van der Waals surface area contributed by atoms with Crippen molar-refractivity contribution in [2.24, 2.45) is 0 Å². The van der Waals surface area contributed by atoms with Crippen LogP contribution in [0, 0.1) is 6.92 Å². The molecule has 1 heterocycles. The van der Waals surface area contributed by atoms with Crippen molar-refractivity contribution >= 4 is 0 Å². The van der Waals surface area contributed by atoms with Crippen molar-refractivity contribution in [2.45, 2.75) is 33.2 Å². The van der Waals surface area contributed by atoms with Gasteiger partial charge in [-0.1, -0.05) is 0 Å². The summed E-state index contributed by atoms with van der Waals surface area (Å²) in [5, 5.41) is 4.68. The van der Waals surface area contributed by atoms with Crippen LogP contribution in [0.15, 0.2) is 30.3 Å². The minimum absolute atomic E-state index is 0.00873. The fraction of sp³-hybridized carbons (Fsp3) is 0.400. The zero-order chi connectivity index (χ0) is 13.3. The van der Waals surface area contributed by atoms with Gasteiger partial charge in [-0.25, -0.2) is 0 Å². The third kappa shape index (κ3) is 2.40. The minimum Gasteiger partial charge on any atom is -0.497 e. The molecule has 0 radical (unpaired) electrons. The third-order valence-corrected chi connectivity index (χ3v) is 2.91. The highest BCUT2D eigenvalue weighted by Crippen LogP contribution is 2.25. The predicted octanol–water partition coefficient (Wildman–Crippen LogP) is 3.62. The van der Waals surface area contributed by atoms with Gasteiger partial charge in [-0.2, -0.15) is 5.10 Å². The van der Waals surface area contributed by atoms with Crippen LogP contribution in [-0.2, 0) is 5.54 Å². The topological polar surface area (TPSA) is 27.1 Å². The fourth-order valence-electron chi connectivity index (χ4n) is 2.06. The van der Waals surface area contributed by atoms with E-state index in [-0.39, 0.29) is 5.54 Å². The molecule has 0 bridgehead atoms. The molecule has 0 spiro atoms. The first-order valence-electron chi connectivity index (χ1n) is 6.13. The Bertz CT molecular complexity index is 533. The summed E-state index contributed by atoms with van der Waals surface area (Å²) in [5.41, 5.74) is 3.30. The Morgan fingerprint density at radius 2 is 1.72 bits per heavy atom. The van der Waals surface area contributed by atoms with E-state index in [4.69, 9.17) is 4.74 Å². The van der Waals surface area contributed by atoms with E-state index in [0.717, 1.165) is 17.0 Å². The summed E-state index contributed by atoms with van der Waals surface area (Å²) in [6.07, 6.45) is 0. The van der Waals surface area contributed by atoms with Crippen LogP contribution in [0.4, 0.5) is 0 Å². The van der Waals surface area contributed by atoms with Crippen molar-refractivity contribution in [1.82, 2.24) is 9.78 Å². The SMILES string of the molecule is COc1ccc(-c2cc(C)n(C(C)(C)C)n2)cc1. The van der Waals surface area contributed by atoms with Gasteiger partial charge in [0.25, 0.3) is 0 Å². The average Bonchev–Trinajstić information content (AvgIpc) is 2.71. The van der Waals surface area contributed by atoms with Crippen LogP contribution in [0.3, 0.4) is 0 Å². The normalized spacial score (nSPS) is 11.6. The van der Waals surface area contributed by atoms with Gasteiger partial charge in [-0.05, 0) is 58.0 Å². The van der Waals surface area contributed by atoms with Gasteiger partial charge in [0.05, 0.1) is 18.3 Å². The van der Waals surface area contributed by atoms with E-state index in [9.17, 15) is 0 Å². The van der Waals surface area contributed by atoms with E-state index >= 15 is 0 Å². The number of aromatic nitrogens is 2. The van der Waals surface area contributed by atoms with Crippen LogP contribution in [0.25, 0.3) is 11.3 Å². The van der Waals surface area contributed by atoms with Gasteiger partial charge in [-0.3, -0.25) is 4.68 Å². The molecule has 0 N–H and O–H groups in total. The molecule has 2 rings (SSSR count). The van der Waals surface area contributed by atoms with Gasteiger partial charge in [0.2, 0.25) is 0 Å². The maximum atomic E-state index is 5.16. The number of rotatable bonds is 2. The Hall–Kier alpha value is -1.77. The van der Waals surface area contributed by atoms with Crippen molar-refractivity contribution in [3.8, 4) is 17.0 Å². The zero-order valence-electron chi connectivity index (χ0n) is 11.7. The standard InChI is InChI=1S/C15H20N2O/c1-11-10-14(16-17(11)15(2,3)4)12-6-8-13(18-5)9-7-12/h6-10H,1-5H3. The monoisotopic (exact) mass is 244 g/mol. The summed E-state index contributed by atoms with van der Waals surface area (Å²) >= 11 is 0. The summed E-state index contributed by atoms with van der Waals surface area (Å²) in [6, 6.07) is 10.1. The van der Waals surface area contributed by atoms with Crippen LogP contribution < -0.4 is 4.74 Å². The zero-order valence-corrected chi connectivity index (χ0v) is 11.7. The second kappa shape index (κ2) is 4.48. The number of aryl methyl sites for hydroxylation is 1. The largest absolute Gasteiger partial charge is 0.497 e. The van der Waals surface area contributed by atoms with Gasteiger partial charge in [0, 0.05) is 11.3 Å². The van der Waals surface area contributed by atoms with Crippen molar-refractivity contribution in [3.05, 3.63) is 36.0 Å². The molecule has 3 nitrogen and oxygen atoms in total. The van der Waals surface area contributed by atoms with E-state index in [1.54, 1.807) is 7.11 Å². The molecule has 18 heavy (non-hydrogen) atoms. The highest BCUT2D eigenvalue weighted by atomic mass is 16.5. The molecule has 0 saturated carbocycles. The first kappa shape index (κ1) is 12.7. The van der Waals surface area contributed by atoms with Crippen LogP contribution in [0.1, 0.15) is 26.5 Å². The van der Waals surface area contributed by atoms with Crippen molar-refractivity contribution in [2.75, 3.05) is 7.11 Å². The van der Waals surface area contributed by atoms with Crippen molar-refractivity contribution in [1.29, 1.82) is 0 Å². The highest BCUT2D eigenvalue weighted by Gasteiger charge is 2.17. The summed E-state index contributed by atoms with van der Waals surface area (Å²) < 4.78 is 7.22. The van der Waals surface area contributed by atoms with Crippen LogP contribution in [-0.4, -0.2) is 16.9 Å². The number of hydrogen-bond donors (Lipinski definition) is 0. The van der Waals surface area contributed by atoms with E-state index in [1.165, 1.54) is 5.69 Å². The molecular weight excluding hydrogens is 224 g/mol. The number of benzene rings is 1. The second-order valence-corrected chi connectivity index (χ2v) is 5.48. The number of ether oxygens (including phenoxy) is 1. The quantitative estimate of drug-likeness (QED) is 0.806. The Labute approximate surface area is 108 Å². The van der Waals surface area contributed by atoms with Gasteiger partial charge < -0.3 is 4.74 Å². The lowest BCUT2D eigenvalue weighted by atomic mass is 10.1. The molecule has 0 aliphatic carbocycles. The minimum atomic E-state index is 0.00873. The molecule has 0 fully saturated rings. The smallest absolute Gasteiger partial charge is 0.118 e. The number of hydrogen-bond acceptors (Lipinski definition) is 2. The summed E-state index contributed by atoms with van der Waals surface area (Å²) in [6.45, 7) is 8.56. The predicted molar refractivity (Wildman–Crippen MR) is 73.9 cm³/mol. The Morgan fingerprint density at radius 1 is 1.11 bits per heavy atom. The summed E-state index contributed by atoms with van der Waals surface area (Å²) in [7, 11) is 1.67. The number of methoxy groups -OCH3 is 1. The molecule has 0 amide bonds. The lowest BCUT2D eigenvalue weighted by Crippen LogP contribution is -2.24. The maximum absolute atomic E-state index is 5.16. The molecule has 0 unspecified atom stereocenters. The molecule has 1 aromatic heterocycles. The van der Waals surface area contributed by atoms with Crippen LogP contribution in [0.2, 0.25) is 0 Å². The average molecular weight is 244 g/mol. The van der Waals surface area contributed by atoms with Gasteiger partial charge in [0.15, 0.2) is 0 Å². The molecule has 3 heteroatoms. The number of nitrogens with zero attached hydrogens (tertiary/aromatic N) is 2. The summed E-state index contributed by atoms with van der Waals surface area (Å²) in [4.78, 5) is 0. The third-order valence-electron chi connectivity index (χ3n) is 2.91. The van der Waals surface area contributed by atoms with Crippen molar-refractivity contribution in [3.63, 3.8) is 0 Å². The Kier molecular flexibility index (Phi) is 3.16. The van der Waals surface area contributed by atoms with Crippen LogP contribution in [0.5, 0.6) is 5.75 Å². The lowest BCUT2D eigenvalue weighted by Gasteiger charge is -2.21. The molecule has 0 atom stereocenters. The Balaban J connectivity index is 2.39. The maximum Gasteiger partial charge on any atom is 0.118 e. The molecular formula is C15H20N2O. The van der Waals surface area contributed by atoms with Gasteiger partial charge >= 0.3 is 0 Å². The molecule has 96 valence electrons. The molecule has 0 saturated heterocycles. The lowest BCUT2D eigenvalue weighted by molar-refractivity contribution is 0.349. The molecule has 1 aromatic carbocycles. The first-order chi connectivity index (χ1) is 8.41. The molecule has 2 aromatic rings. The summed E-state index contributed by atoms with van der Waals surface area (Å²) in [5.74, 6) is 0.866. The van der Waals surface area contributed by atoms with Gasteiger partial charge in [-0.15, -0.1) is 0 Å². The van der Waals surface area contributed by atoms with E-state index in [1.807, 2.05) is 24.3 Å².